The topological polar surface area (TPSA) is 129 Å². The number of aliphatic hydroxyl groups excluding tert-OH is 1. The second-order valence-electron chi connectivity index (χ2n) is 6.13. The zero-order valence-electron chi connectivity index (χ0n) is 16.6. The predicted octanol–water partition coefficient (Wildman–Crippen LogP) is 0.687. The lowest BCUT2D eigenvalue weighted by molar-refractivity contribution is -0.121. The summed E-state index contributed by atoms with van der Waals surface area (Å²) in [4.78, 5) is 35.7. The predicted molar refractivity (Wildman–Crippen MR) is 112 cm³/mol. The molecule has 0 aromatic heterocycles. The van der Waals surface area contributed by atoms with Gasteiger partial charge in [-0.3, -0.25) is 14.4 Å². The third-order valence-corrected chi connectivity index (χ3v) is 3.95. The van der Waals surface area contributed by atoms with Gasteiger partial charge in [0, 0.05) is 30.6 Å². The highest BCUT2D eigenvalue weighted by molar-refractivity contribution is 5.98. The van der Waals surface area contributed by atoms with Crippen molar-refractivity contribution in [3.8, 4) is 5.75 Å². The van der Waals surface area contributed by atoms with Gasteiger partial charge in [-0.2, -0.15) is 5.10 Å². The molecule has 0 saturated heterocycles. The van der Waals surface area contributed by atoms with Gasteiger partial charge in [0.25, 0.3) is 11.8 Å². The molecule has 2 rings (SSSR count). The van der Waals surface area contributed by atoms with Crippen molar-refractivity contribution in [3.05, 3.63) is 65.2 Å². The Labute approximate surface area is 174 Å². The quantitative estimate of drug-likeness (QED) is 0.337. The van der Waals surface area contributed by atoms with E-state index in [-0.39, 0.29) is 37.9 Å². The fourth-order valence-corrected chi connectivity index (χ4v) is 2.40. The van der Waals surface area contributed by atoms with E-state index in [2.05, 4.69) is 21.2 Å². The van der Waals surface area contributed by atoms with Gasteiger partial charge < -0.3 is 20.5 Å². The molecule has 2 aromatic rings. The minimum atomic E-state index is -0.415. The van der Waals surface area contributed by atoms with Gasteiger partial charge in [-0.25, -0.2) is 5.43 Å². The number of ether oxygens (including phenoxy) is 1. The lowest BCUT2D eigenvalue weighted by Gasteiger charge is -2.06. The largest absolute Gasteiger partial charge is 0.497 e. The zero-order chi connectivity index (χ0) is 21.8. The first-order chi connectivity index (χ1) is 14.5. The third kappa shape index (κ3) is 7.36. The number of hydrogen-bond donors (Lipinski definition) is 4. The van der Waals surface area contributed by atoms with E-state index >= 15 is 0 Å². The molecular formula is C21H24N4O5. The summed E-state index contributed by atoms with van der Waals surface area (Å²) in [5.41, 5.74) is 3.90. The number of rotatable bonds is 10. The molecule has 0 saturated carbocycles. The summed E-state index contributed by atoms with van der Waals surface area (Å²) in [5.74, 6) is -0.342. The van der Waals surface area contributed by atoms with Gasteiger partial charge in [0.1, 0.15) is 5.75 Å². The van der Waals surface area contributed by atoms with Gasteiger partial charge in [0.2, 0.25) is 5.91 Å². The number of hydrogen-bond acceptors (Lipinski definition) is 6. The number of amides is 3. The van der Waals surface area contributed by atoms with Crippen LogP contribution < -0.4 is 20.8 Å². The molecule has 0 fully saturated rings. The highest BCUT2D eigenvalue weighted by atomic mass is 16.5. The molecular weight excluding hydrogens is 388 g/mol. The van der Waals surface area contributed by atoms with Crippen molar-refractivity contribution in [2.45, 2.75) is 6.42 Å². The Hall–Kier alpha value is -3.72. The van der Waals surface area contributed by atoms with Gasteiger partial charge in [-0.05, 0) is 42.0 Å². The molecule has 30 heavy (non-hydrogen) atoms. The van der Waals surface area contributed by atoms with Crippen LogP contribution in [0.25, 0.3) is 0 Å². The molecule has 0 aliphatic heterocycles. The Kier molecular flexibility index (Phi) is 9.01. The molecule has 0 aliphatic rings. The first-order valence-electron chi connectivity index (χ1n) is 9.26. The van der Waals surface area contributed by atoms with Gasteiger partial charge in [-0.1, -0.05) is 12.1 Å². The molecule has 0 spiro atoms. The second-order valence-corrected chi connectivity index (χ2v) is 6.13. The number of methoxy groups -OCH3 is 1. The number of nitrogens with one attached hydrogen (secondary N) is 3. The summed E-state index contributed by atoms with van der Waals surface area (Å²) in [5, 5.41) is 17.7. The van der Waals surface area contributed by atoms with Crippen LogP contribution in [0.5, 0.6) is 5.75 Å². The van der Waals surface area contributed by atoms with Gasteiger partial charge in [-0.15, -0.1) is 0 Å². The first-order valence-corrected chi connectivity index (χ1v) is 9.26. The molecule has 4 N–H and O–H groups in total. The van der Waals surface area contributed by atoms with E-state index in [9.17, 15) is 14.4 Å². The van der Waals surface area contributed by atoms with Gasteiger partial charge in [0.05, 0.1) is 19.9 Å². The lowest BCUT2D eigenvalue weighted by atomic mass is 10.1. The smallest absolute Gasteiger partial charge is 0.271 e. The van der Waals surface area contributed by atoms with Crippen LogP contribution in [0.4, 0.5) is 0 Å². The van der Waals surface area contributed by atoms with E-state index in [1.54, 1.807) is 19.2 Å². The fraction of sp³-hybridized carbons (Fsp3) is 0.238. The van der Waals surface area contributed by atoms with Crippen molar-refractivity contribution in [2.75, 3.05) is 26.8 Å². The summed E-state index contributed by atoms with van der Waals surface area (Å²) in [6.45, 7) is 0.210. The SMILES string of the molecule is COc1cccc(C=NNC(=O)c2ccc(C(=O)NCCC(=O)NCCO)cc2)c1. The molecule has 9 nitrogen and oxygen atoms in total. The molecule has 0 aliphatic carbocycles. The third-order valence-electron chi connectivity index (χ3n) is 3.95. The Morgan fingerprint density at radius 1 is 1.00 bits per heavy atom. The van der Waals surface area contributed by atoms with Crippen molar-refractivity contribution in [1.82, 2.24) is 16.1 Å². The van der Waals surface area contributed by atoms with Gasteiger partial charge in [0.15, 0.2) is 0 Å². The van der Waals surface area contributed by atoms with Crippen LogP contribution >= 0.6 is 0 Å². The zero-order valence-corrected chi connectivity index (χ0v) is 16.6. The van der Waals surface area contributed by atoms with Crippen LogP contribution in [0.1, 0.15) is 32.7 Å². The van der Waals surface area contributed by atoms with E-state index in [4.69, 9.17) is 9.84 Å². The number of carbonyl (C=O) groups is 3. The summed E-state index contributed by atoms with van der Waals surface area (Å²) in [6.07, 6.45) is 1.61. The maximum absolute atomic E-state index is 12.2. The summed E-state index contributed by atoms with van der Waals surface area (Å²) in [7, 11) is 1.57. The highest BCUT2D eigenvalue weighted by Gasteiger charge is 2.09. The minimum absolute atomic E-state index is 0.109. The van der Waals surface area contributed by atoms with Crippen molar-refractivity contribution in [2.24, 2.45) is 5.10 Å². The van der Waals surface area contributed by atoms with Crippen LogP contribution in [-0.4, -0.2) is 55.8 Å². The van der Waals surface area contributed by atoms with E-state index in [1.807, 2.05) is 12.1 Å². The minimum Gasteiger partial charge on any atom is -0.497 e. The Bertz CT molecular complexity index is 897. The molecule has 2 aromatic carbocycles. The van der Waals surface area contributed by atoms with E-state index < -0.39 is 5.91 Å². The molecule has 0 bridgehead atoms. The van der Waals surface area contributed by atoms with Crippen LogP contribution in [0.3, 0.4) is 0 Å². The Balaban J connectivity index is 1.82. The maximum atomic E-state index is 12.2. The lowest BCUT2D eigenvalue weighted by Crippen LogP contribution is -2.32. The summed E-state index contributed by atoms with van der Waals surface area (Å²) >= 11 is 0. The highest BCUT2D eigenvalue weighted by Crippen LogP contribution is 2.10. The van der Waals surface area contributed by atoms with Crippen LogP contribution in [0.2, 0.25) is 0 Å². The number of hydrazone groups is 1. The van der Waals surface area contributed by atoms with Crippen molar-refractivity contribution in [3.63, 3.8) is 0 Å². The average molecular weight is 412 g/mol. The Morgan fingerprint density at radius 2 is 1.70 bits per heavy atom. The van der Waals surface area contributed by atoms with Crippen LogP contribution in [0.15, 0.2) is 53.6 Å². The Morgan fingerprint density at radius 3 is 2.37 bits per heavy atom. The molecule has 0 unspecified atom stereocenters. The standard InChI is InChI=1S/C21H24N4O5/c1-30-18-4-2-3-15(13-18)14-24-25-21(29)17-7-5-16(6-8-17)20(28)23-10-9-19(27)22-11-12-26/h2-8,13-14,26H,9-12H2,1H3,(H,22,27)(H,23,28)(H,25,29). The van der Waals surface area contributed by atoms with E-state index in [1.165, 1.54) is 30.5 Å². The molecule has 158 valence electrons. The maximum Gasteiger partial charge on any atom is 0.271 e. The average Bonchev–Trinajstić information content (AvgIpc) is 2.77. The van der Waals surface area contributed by atoms with Crippen molar-refractivity contribution < 1.29 is 24.2 Å². The number of carbonyl (C=O) groups excluding carboxylic acids is 3. The molecule has 3 amide bonds. The fourth-order valence-electron chi connectivity index (χ4n) is 2.40. The normalized spacial score (nSPS) is 10.5. The van der Waals surface area contributed by atoms with Gasteiger partial charge >= 0.3 is 0 Å². The first kappa shape index (κ1) is 22.6. The monoisotopic (exact) mass is 412 g/mol. The van der Waals surface area contributed by atoms with Crippen molar-refractivity contribution in [1.29, 1.82) is 0 Å². The molecule has 9 heteroatoms. The summed E-state index contributed by atoms with van der Waals surface area (Å²) < 4.78 is 5.12. The number of nitrogens with zero attached hydrogens (tertiary/aromatic N) is 1. The molecule has 0 heterocycles. The number of aliphatic hydroxyl groups is 1. The molecule has 0 atom stereocenters. The molecule has 0 radical (unpaired) electrons. The summed E-state index contributed by atoms with van der Waals surface area (Å²) in [6, 6.07) is 13.3. The van der Waals surface area contributed by atoms with E-state index in [0.29, 0.717) is 16.9 Å². The van der Waals surface area contributed by atoms with Crippen molar-refractivity contribution >= 4 is 23.9 Å². The second kappa shape index (κ2) is 12.0. The van der Waals surface area contributed by atoms with Crippen LogP contribution in [-0.2, 0) is 4.79 Å². The van der Waals surface area contributed by atoms with Crippen LogP contribution in [0, 0.1) is 0 Å². The van der Waals surface area contributed by atoms with E-state index in [0.717, 1.165) is 5.56 Å². The number of benzene rings is 2.